The zero-order valence-corrected chi connectivity index (χ0v) is 7.64. The number of rotatable bonds is 2. The molecule has 0 aromatic rings. The van der Waals surface area contributed by atoms with Gasteiger partial charge in [0.2, 0.25) is 0 Å². The molecule has 0 N–H and O–H groups in total. The van der Waals surface area contributed by atoms with Crippen molar-refractivity contribution in [1.29, 1.82) is 0 Å². The zero-order chi connectivity index (χ0) is 4.12. The van der Waals surface area contributed by atoms with E-state index < -0.39 is 0 Å². The van der Waals surface area contributed by atoms with Crippen LogP contribution in [-0.2, 0) is 19.5 Å². The topological polar surface area (TPSA) is 0 Å². The van der Waals surface area contributed by atoms with Crippen molar-refractivity contribution >= 4 is 11.6 Å². The number of unbranched alkanes of at least 4 members (excludes halogenated alkanes) is 1. The average Bonchev–Trinajstić information content (AvgIpc) is 1.41. The summed E-state index contributed by atoms with van der Waals surface area (Å²) in [6, 6.07) is 0. The Bertz CT molecular complexity index is 15.0. The molecule has 2 heteroatoms. The van der Waals surface area contributed by atoms with E-state index in [0.717, 1.165) is 18.7 Å². The predicted octanol–water partition coefficient (Wildman–Crippen LogP) is 1.84. The van der Waals surface area contributed by atoms with Crippen LogP contribution in [0.4, 0.5) is 0 Å². The summed E-state index contributed by atoms with van der Waals surface area (Å²) >= 11 is 5.26. The van der Waals surface area contributed by atoms with Crippen LogP contribution in [0, 0.1) is 6.92 Å². The largest absolute Gasteiger partial charge is 0.343 e. The van der Waals surface area contributed by atoms with E-state index in [9.17, 15) is 0 Å². The van der Waals surface area contributed by atoms with Gasteiger partial charge < -0.3 is 6.92 Å². The van der Waals surface area contributed by atoms with Crippen molar-refractivity contribution in [3.63, 3.8) is 0 Å². The number of halogens is 1. The molecule has 0 aliphatic heterocycles. The molecule has 0 saturated carbocycles. The molecule has 0 unspecified atom stereocenters. The van der Waals surface area contributed by atoms with E-state index in [1.165, 1.54) is 0 Å². The Morgan fingerprint density at radius 1 is 1.50 bits per heavy atom. The predicted molar refractivity (Wildman–Crippen MR) is 25.3 cm³/mol. The second-order valence-corrected chi connectivity index (χ2v) is 1.27. The SMILES string of the molecule is [CH2-]CCCCl.[Zn]. The molecule has 0 heterocycles. The quantitative estimate of drug-likeness (QED) is 0.326. The van der Waals surface area contributed by atoms with E-state index >= 15 is 0 Å². The summed E-state index contributed by atoms with van der Waals surface area (Å²) in [4.78, 5) is 0. The summed E-state index contributed by atoms with van der Waals surface area (Å²) in [7, 11) is 0. The first-order chi connectivity index (χ1) is 2.41. The third-order valence-electron chi connectivity index (χ3n) is 0.384. The first-order valence-corrected chi connectivity index (χ1v) is 2.30. The molecule has 0 spiro atoms. The van der Waals surface area contributed by atoms with Gasteiger partial charge in [-0.1, -0.05) is 6.42 Å². The first kappa shape index (κ1) is 10.0. The molecule has 34 valence electrons. The van der Waals surface area contributed by atoms with Crippen LogP contribution in [0.25, 0.3) is 0 Å². The molecule has 0 saturated heterocycles. The van der Waals surface area contributed by atoms with Crippen LogP contribution in [0.15, 0.2) is 0 Å². The van der Waals surface area contributed by atoms with Gasteiger partial charge in [-0.3, -0.25) is 0 Å². The molecule has 0 fully saturated rings. The molecule has 0 radical (unpaired) electrons. The average molecular weight is 157 g/mol. The number of alkyl halides is 1. The Balaban J connectivity index is 0. The van der Waals surface area contributed by atoms with E-state index in [0.29, 0.717) is 0 Å². The third kappa shape index (κ3) is 8.87. The van der Waals surface area contributed by atoms with Crippen LogP contribution in [0.5, 0.6) is 0 Å². The molecular weight excluding hydrogens is 149 g/mol. The van der Waals surface area contributed by atoms with Crippen molar-refractivity contribution in [2.45, 2.75) is 12.8 Å². The second-order valence-electron chi connectivity index (χ2n) is 0.896. The van der Waals surface area contributed by atoms with E-state index in [-0.39, 0.29) is 19.5 Å². The molecule has 0 aliphatic rings. The summed E-state index contributed by atoms with van der Waals surface area (Å²) in [5, 5.41) is 0. The molecule has 0 rings (SSSR count). The van der Waals surface area contributed by atoms with E-state index in [4.69, 9.17) is 11.6 Å². The Morgan fingerprint density at radius 3 is 2.00 bits per heavy atom. The fourth-order valence-electron chi connectivity index (χ4n) is 0.0945. The second kappa shape index (κ2) is 9.32. The Labute approximate surface area is 57.0 Å². The zero-order valence-electron chi connectivity index (χ0n) is 3.91. The third-order valence-corrected chi connectivity index (χ3v) is 0.651. The van der Waals surface area contributed by atoms with Crippen molar-refractivity contribution in [1.82, 2.24) is 0 Å². The molecule has 0 nitrogen and oxygen atoms in total. The Hall–Kier alpha value is 0.913. The minimum absolute atomic E-state index is 0. The van der Waals surface area contributed by atoms with Gasteiger partial charge in [-0.05, 0) is 0 Å². The van der Waals surface area contributed by atoms with Gasteiger partial charge in [0.1, 0.15) is 0 Å². The molecule has 0 aliphatic carbocycles. The van der Waals surface area contributed by atoms with Crippen LogP contribution in [0.2, 0.25) is 0 Å². The minimum atomic E-state index is 0. The molecular formula is C4H8ClZn-. The molecule has 6 heavy (non-hydrogen) atoms. The molecule has 0 bridgehead atoms. The first-order valence-electron chi connectivity index (χ1n) is 1.77. The van der Waals surface area contributed by atoms with Gasteiger partial charge in [0.25, 0.3) is 0 Å². The number of hydrogen-bond donors (Lipinski definition) is 0. The minimum Gasteiger partial charge on any atom is -0.343 e. The summed E-state index contributed by atoms with van der Waals surface area (Å²) < 4.78 is 0. The summed E-state index contributed by atoms with van der Waals surface area (Å²) in [5.74, 6) is 0.753. The summed E-state index contributed by atoms with van der Waals surface area (Å²) in [6.07, 6.45) is 2.01. The van der Waals surface area contributed by atoms with Crippen molar-refractivity contribution in [3.8, 4) is 0 Å². The van der Waals surface area contributed by atoms with E-state index in [1.54, 1.807) is 0 Å². The maximum absolute atomic E-state index is 5.26. The van der Waals surface area contributed by atoms with E-state index in [2.05, 4.69) is 6.92 Å². The monoisotopic (exact) mass is 155 g/mol. The molecule has 0 amide bonds. The van der Waals surface area contributed by atoms with Gasteiger partial charge in [0.05, 0.1) is 0 Å². The van der Waals surface area contributed by atoms with Crippen molar-refractivity contribution < 1.29 is 19.5 Å². The van der Waals surface area contributed by atoms with Crippen LogP contribution in [-0.4, -0.2) is 5.88 Å². The van der Waals surface area contributed by atoms with Crippen LogP contribution >= 0.6 is 11.6 Å². The van der Waals surface area contributed by atoms with Gasteiger partial charge in [-0.25, -0.2) is 0 Å². The maximum atomic E-state index is 5.26. The van der Waals surface area contributed by atoms with Gasteiger partial charge in [0, 0.05) is 25.4 Å². The summed E-state index contributed by atoms with van der Waals surface area (Å²) in [5.41, 5.74) is 0. The van der Waals surface area contributed by atoms with Gasteiger partial charge in [0.15, 0.2) is 0 Å². The Kier molecular flexibility index (Phi) is 15.6. The number of hydrogen-bond acceptors (Lipinski definition) is 0. The van der Waals surface area contributed by atoms with Crippen LogP contribution < -0.4 is 0 Å². The molecule has 0 aromatic carbocycles. The Morgan fingerprint density at radius 2 is 2.00 bits per heavy atom. The van der Waals surface area contributed by atoms with E-state index in [1.807, 2.05) is 0 Å². The van der Waals surface area contributed by atoms with Crippen molar-refractivity contribution in [3.05, 3.63) is 6.92 Å². The van der Waals surface area contributed by atoms with Crippen molar-refractivity contribution in [2.24, 2.45) is 0 Å². The van der Waals surface area contributed by atoms with Gasteiger partial charge in [-0.15, -0.1) is 11.6 Å². The normalized spacial score (nSPS) is 7.00. The fraction of sp³-hybridized carbons (Fsp3) is 0.750. The fourth-order valence-corrected chi connectivity index (χ4v) is 0.283. The maximum Gasteiger partial charge on any atom is 0.0199 e. The van der Waals surface area contributed by atoms with Crippen LogP contribution in [0.1, 0.15) is 12.8 Å². The molecule has 0 aromatic heterocycles. The summed E-state index contributed by atoms with van der Waals surface area (Å²) in [6.45, 7) is 3.59. The molecule has 0 atom stereocenters. The van der Waals surface area contributed by atoms with Gasteiger partial charge in [-0.2, -0.15) is 6.42 Å². The van der Waals surface area contributed by atoms with Gasteiger partial charge >= 0.3 is 0 Å². The smallest absolute Gasteiger partial charge is 0.0199 e. The van der Waals surface area contributed by atoms with Crippen molar-refractivity contribution in [2.75, 3.05) is 5.88 Å². The van der Waals surface area contributed by atoms with Crippen LogP contribution in [0.3, 0.4) is 0 Å². The standard InChI is InChI=1S/C4H8Cl.Zn/c1-2-3-4-5;/h1-4H2;/q-1;.